The first-order valence-electron chi connectivity index (χ1n) is 5.78. The normalized spacial score (nSPS) is 24.0. The van der Waals surface area contributed by atoms with Crippen LogP contribution in [0.5, 0.6) is 0 Å². The summed E-state index contributed by atoms with van der Waals surface area (Å²) in [5.41, 5.74) is 6.21. The molecule has 1 aromatic rings. The fourth-order valence-electron chi connectivity index (χ4n) is 2.29. The number of aliphatic hydroxyl groups is 1. The van der Waals surface area contributed by atoms with Crippen molar-refractivity contribution in [1.29, 1.82) is 0 Å². The van der Waals surface area contributed by atoms with Crippen LogP contribution >= 0.6 is 12.2 Å². The molecule has 0 spiro atoms. The lowest BCUT2D eigenvalue weighted by atomic mass is 10.0. The minimum Gasteiger partial charge on any atom is -0.394 e. The number of hydrogen-bond acceptors (Lipinski definition) is 4. The second-order valence-corrected chi connectivity index (χ2v) is 4.89. The molecule has 1 aromatic heterocycles. The van der Waals surface area contributed by atoms with Crippen LogP contribution in [0.4, 0.5) is 5.82 Å². The van der Waals surface area contributed by atoms with E-state index in [9.17, 15) is 5.11 Å². The van der Waals surface area contributed by atoms with Gasteiger partial charge < -0.3 is 15.7 Å². The molecule has 1 fully saturated rings. The number of thiocarbonyl (C=S) groups is 1. The topological polar surface area (TPSA) is 62.4 Å². The van der Waals surface area contributed by atoms with E-state index in [-0.39, 0.29) is 12.6 Å². The summed E-state index contributed by atoms with van der Waals surface area (Å²) in [6.07, 6.45) is 1.07. The molecule has 0 amide bonds. The molecule has 5 heteroatoms. The molecule has 2 atom stereocenters. The first-order chi connectivity index (χ1) is 8.13. The molecule has 4 nitrogen and oxygen atoms in total. The fourth-order valence-corrected chi connectivity index (χ4v) is 2.41. The van der Waals surface area contributed by atoms with Crippen LogP contribution in [0.3, 0.4) is 0 Å². The molecule has 17 heavy (non-hydrogen) atoms. The first-order valence-corrected chi connectivity index (χ1v) is 6.18. The van der Waals surface area contributed by atoms with Crippen LogP contribution in [0.15, 0.2) is 18.2 Å². The molecular formula is C12H17N3OS. The molecule has 3 N–H and O–H groups in total. The standard InChI is InChI=1S/C12H17N3OS/c1-8-5-6-15(10(8)7-16)11-4-2-3-9(14-11)12(13)17/h2-4,8,10,16H,5-7H2,1H3,(H2,13,17). The van der Waals surface area contributed by atoms with E-state index in [1.807, 2.05) is 12.1 Å². The number of nitrogens with two attached hydrogens (primary N) is 1. The number of aromatic nitrogens is 1. The Morgan fingerprint density at radius 1 is 1.65 bits per heavy atom. The lowest BCUT2D eigenvalue weighted by Crippen LogP contribution is -2.36. The van der Waals surface area contributed by atoms with Gasteiger partial charge in [0.25, 0.3) is 0 Å². The Bertz CT molecular complexity index is 424. The number of anilines is 1. The highest BCUT2D eigenvalue weighted by atomic mass is 32.1. The van der Waals surface area contributed by atoms with Gasteiger partial charge in [-0.2, -0.15) is 0 Å². The van der Waals surface area contributed by atoms with Crippen molar-refractivity contribution in [2.45, 2.75) is 19.4 Å². The van der Waals surface area contributed by atoms with Gasteiger partial charge in [0.15, 0.2) is 0 Å². The zero-order chi connectivity index (χ0) is 12.4. The van der Waals surface area contributed by atoms with Crippen LogP contribution in [-0.2, 0) is 0 Å². The quantitative estimate of drug-likeness (QED) is 0.782. The van der Waals surface area contributed by atoms with E-state index in [1.165, 1.54) is 0 Å². The van der Waals surface area contributed by atoms with Crippen molar-refractivity contribution >= 4 is 23.0 Å². The lowest BCUT2D eigenvalue weighted by molar-refractivity contribution is 0.244. The lowest BCUT2D eigenvalue weighted by Gasteiger charge is -2.26. The van der Waals surface area contributed by atoms with E-state index < -0.39 is 0 Å². The molecule has 0 saturated carbocycles. The van der Waals surface area contributed by atoms with Crippen molar-refractivity contribution in [3.63, 3.8) is 0 Å². The van der Waals surface area contributed by atoms with Gasteiger partial charge in [0, 0.05) is 6.54 Å². The SMILES string of the molecule is CC1CCN(c2cccc(C(N)=S)n2)C1CO. The first kappa shape index (κ1) is 12.3. The zero-order valence-electron chi connectivity index (χ0n) is 9.84. The summed E-state index contributed by atoms with van der Waals surface area (Å²) in [5.74, 6) is 1.33. The average Bonchev–Trinajstić information content (AvgIpc) is 2.70. The molecule has 2 rings (SSSR count). The van der Waals surface area contributed by atoms with Gasteiger partial charge in [-0.3, -0.25) is 0 Å². The third-order valence-electron chi connectivity index (χ3n) is 3.35. The highest BCUT2D eigenvalue weighted by Crippen LogP contribution is 2.28. The molecule has 1 saturated heterocycles. The highest BCUT2D eigenvalue weighted by molar-refractivity contribution is 7.80. The van der Waals surface area contributed by atoms with Gasteiger partial charge in [0.2, 0.25) is 0 Å². The molecule has 0 bridgehead atoms. The highest BCUT2D eigenvalue weighted by Gasteiger charge is 2.31. The molecule has 1 aliphatic rings. The van der Waals surface area contributed by atoms with Crippen LogP contribution in [0.2, 0.25) is 0 Å². The predicted molar refractivity (Wildman–Crippen MR) is 72.1 cm³/mol. The van der Waals surface area contributed by atoms with Gasteiger partial charge in [-0.15, -0.1) is 0 Å². The van der Waals surface area contributed by atoms with Gasteiger partial charge in [-0.25, -0.2) is 4.98 Å². The number of rotatable bonds is 3. The smallest absolute Gasteiger partial charge is 0.129 e. The van der Waals surface area contributed by atoms with Gasteiger partial charge >= 0.3 is 0 Å². The summed E-state index contributed by atoms with van der Waals surface area (Å²) < 4.78 is 0. The third-order valence-corrected chi connectivity index (χ3v) is 3.56. The van der Waals surface area contributed by atoms with Crippen LogP contribution < -0.4 is 10.6 Å². The molecule has 0 aromatic carbocycles. The molecular weight excluding hydrogens is 234 g/mol. The van der Waals surface area contributed by atoms with Crippen molar-refractivity contribution in [3.05, 3.63) is 23.9 Å². The Hall–Kier alpha value is -1.20. The summed E-state index contributed by atoms with van der Waals surface area (Å²) >= 11 is 4.92. The molecule has 1 aliphatic heterocycles. The second-order valence-electron chi connectivity index (χ2n) is 4.45. The maximum atomic E-state index is 9.43. The Balaban J connectivity index is 2.28. The number of aliphatic hydroxyl groups excluding tert-OH is 1. The van der Waals surface area contributed by atoms with Gasteiger partial charge in [0.1, 0.15) is 10.8 Å². The van der Waals surface area contributed by atoms with Crippen molar-refractivity contribution in [3.8, 4) is 0 Å². The summed E-state index contributed by atoms with van der Waals surface area (Å²) in [6, 6.07) is 5.78. The zero-order valence-corrected chi connectivity index (χ0v) is 10.7. The van der Waals surface area contributed by atoms with Gasteiger partial charge in [0.05, 0.1) is 18.3 Å². The Morgan fingerprint density at radius 3 is 3.06 bits per heavy atom. The van der Waals surface area contributed by atoms with Gasteiger partial charge in [-0.1, -0.05) is 25.2 Å². The van der Waals surface area contributed by atoms with Crippen molar-refractivity contribution in [1.82, 2.24) is 4.98 Å². The molecule has 2 unspecified atom stereocenters. The van der Waals surface area contributed by atoms with E-state index in [0.717, 1.165) is 18.8 Å². The number of nitrogens with zero attached hydrogens (tertiary/aromatic N) is 2. The van der Waals surface area contributed by atoms with Crippen LogP contribution in [-0.4, -0.2) is 34.3 Å². The van der Waals surface area contributed by atoms with Crippen LogP contribution in [0.1, 0.15) is 19.0 Å². The number of pyridine rings is 1. The molecule has 0 aliphatic carbocycles. The predicted octanol–water partition coefficient (Wildman–Crippen LogP) is 0.923. The minimum absolute atomic E-state index is 0.143. The average molecular weight is 251 g/mol. The summed E-state index contributed by atoms with van der Waals surface area (Å²) in [4.78, 5) is 6.87. The van der Waals surface area contributed by atoms with E-state index in [4.69, 9.17) is 18.0 Å². The van der Waals surface area contributed by atoms with Crippen LogP contribution in [0.25, 0.3) is 0 Å². The summed E-state index contributed by atoms with van der Waals surface area (Å²) in [6.45, 7) is 3.22. The third kappa shape index (κ3) is 2.40. The summed E-state index contributed by atoms with van der Waals surface area (Å²) in [7, 11) is 0. The van der Waals surface area contributed by atoms with Gasteiger partial charge in [-0.05, 0) is 24.5 Å². The number of hydrogen-bond donors (Lipinski definition) is 2. The maximum absolute atomic E-state index is 9.43. The molecule has 0 radical (unpaired) electrons. The van der Waals surface area contributed by atoms with Crippen molar-refractivity contribution in [2.24, 2.45) is 11.7 Å². The summed E-state index contributed by atoms with van der Waals surface area (Å²) in [5, 5.41) is 9.43. The second kappa shape index (κ2) is 4.98. The Kier molecular flexibility index (Phi) is 3.59. The van der Waals surface area contributed by atoms with Crippen molar-refractivity contribution < 1.29 is 5.11 Å². The molecule has 92 valence electrons. The maximum Gasteiger partial charge on any atom is 0.129 e. The minimum atomic E-state index is 0.143. The largest absolute Gasteiger partial charge is 0.394 e. The van der Waals surface area contributed by atoms with E-state index in [2.05, 4.69) is 16.8 Å². The monoisotopic (exact) mass is 251 g/mol. The van der Waals surface area contributed by atoms with Crippen molar-refractivity contribution in [2.75, 3.05) is 18.1 Å². The van der Waals surface area contributed by atoms with E-state index in [1.54, 1.807) is 6.07 Å². The molecule has 2 heterocycles. The van der Waals surface area contributed by atoms with Crippen LogP contribution in [0, 0.1) is 5.92 Å². The van der Waals surface area contributed by atoms with E-state index in [0.29, 0.717) is 16.6 Å². The fraction of sp³-hybridized carbons (Fsp3) is 0.500. The Labute approximate surface area is 106 Å². The Morgan fingerprint density at radius 2 is 2.41 bits per heavy atom. The van der Waals surface area contributed by atoms with E-state index >= 15 is 0 Å².